The molecule has 3 heteroatoms. The van der Waals surface area contributed by atoms with Crippen molar-refractivity contribution in [3.8, 4) is 0 Å². The molecule has 24 heavy (non-hydrogen) atoms. The van der Waals surface area contributed by atoms with Crippen molar-refractivity contribution in [3.05, 3.63) is 35.4 Å². The Morgan fingerprint density at radius 2 is 2.04 bits per heavy atom. The third-order valence-electron chi connectivity index (χ3n) is 6.74. The number of aryl methyl sites for hydroxylation is 1. The quantitative estimate of drug-likeness (QED) is 0.852. The van der Waals surface area contributed by atoms with Crippen LogP contribution < -0.4 is 0 Å². The van der Waals surface area contributed by atoms with Gasteiger partial charge in [-0.05, 0) is 75.7 Å². The molecule has 3 nitrogen and oxygen atoms in total. The van der Waals surface area contributed by atoms with Crippen molar-refractivity contribution < 1.29 is 4.79 Å². The first-order valence-corrected chi connectivity index (χ1v) is 9.62. The van der Waals surface area contributed by atoms with Crippen LogP contribution in [-0.2, 0) is 16.6 Å². The second-order valence-electron chi connectivity index (χ2n) is 8.39. The maximum absolute atomic E-state index is 13.0. The van der Waals surface area contributed by atoms with Crippen LogP contribution in [0.2, 0.25) is 0 Å². The van der Waals surface area contributed by atoms with Gasteiger partial charge in [0.2, 0.25) is 5.91 Å². The van der Waals surface area contributed by atoms with Gasteiger partial charge in [0.05, 0.1) is 0 Å². The molecule has 0 aromatic heterocycles. The van der Waals surface area contributed by atoms with Crippen LogP contribution in [0, 0.1) is 11.8 Å². The summed E-state index contributed by atoms with van der Waals surface area (Å²) >= 11 is 0. The zero-order chi connectivity index (χ0) is 16.7. The van der Waals surface area contributed by atoms with E-state index in [0.717, 1.165) is 13.0 Å². The number of carbonyl (C=O) groups is 1. The van der Waals surface area contributed by atoms with E-state index in [0.29, 0.717) is 11.8 Å². The summed E-state index contributed by atoms with van der Waals surface area (Å²) in [7, 11) is 4.22. The van der Waals surface area contributed by atoms with Crippen LogP contribution in [0.3, 0.4) is 0 Å². The van der Waals surface area contributed by atoms with E-state index in [-0.39, 0.29) is 11.3 Å². The van der Waals surface area contributed by atoms with Crippen molar-refractivity contribution >= 4 is 5.91 Å². The fraction of sp³-hybridized carbons (Fsp3) is 0.667. The van der Waals surface area contributed by atoms with Crippen LogP contribution in [0.4, 0.5) is 0 Å². The monoisotopic (exact) mass is 326 g/mol. The second-order valence-corrected chi connectivity index (χ2v) is 8.39. The van der Waals surface area contributed by atoms with Gasteiger partial charge < -0.3 is 9.80 Å². The molecule has 0 radical (unpaired) electrons. The minimum atomic E-state index is 0.174. The Hall–Kier alpha value is -1.35. The molecule has 130 valence electrons. The summed E-state index contributed by atoms with van der Waals surface area (Å²) in [5, 5.41) is 0. The molecule has 1 spiro atoms. The maximum Gasteiger partial charge on any atom is 0.226 e. The molecule has 0 unspecified atom stereocenters. The summed E-state index contributed by atoms with van der Waals surface area (Å²) in [5.41, 5.74) is 3.13. The van der Waals surface area contributed by atoms with E-state index in [4.69, 9.17) is 0 Å². The van der Waals surface area contributed by atoms with E-state index in [1.165, 1.54) is 56.3 Å². The summed E-state index contributed by atoms with van der Waals surface area (Å²) in [5.74, 6) is 1.31. The SMILES string of the molecule is CN1CCC(CN(C)C(=O)[C@H]2C[C@@]23CCCc2ccccc23)CC1. The molecule has 1 saturated carbocycles. The van der Waals surface area contributed by atoms with Crippen LogP contribution >= 0.6 is 0 Å². The molecule has 1 aromatic carbocycles. The van der Waals surface area contributed by atoms with E-state index < -0.39 is 0 Å². The predicted molar refractivity (Wildman–Crippen MR) is 97.0 cm³/mol. The number of fused-ring (bicyclic) bond motifs is 2. The number of amides is 1. The van der Waals surface area contributed by atoms with Gasteiger partial charge in [0.15, 0.2) is 0 Å². The zero-order valence-electron chi connectivity index (χ0n) is 15.1. The number of rotatable bonds is 3. The van der Waals surface area contributed by atoms with Crippen LogP contribution in [0.25, 0.3) is 0 Å². The van der Waals surface area contributed by atoms with Gasteiger partial charge in [-0.2, -0.15) is 0 Å². The molecule has 1 saturated heterocycles. The van der Waals surface area contributed by atoms with E-state index in [2.05, 4.69) is 36.2 Å². The number of piperidine rings is 1. The van der Waals surface area contributed by atoms with Gasteiger partial charge in [-0.1, -0.05) is 24.3 Å². The minimum Gasteiger partial charge on any atom is -0.345 e. The summed E-state index contributed by atoms with van der Waals surface area (Å²) in [6, 6.07) is 8.83. The van der Waals surface area contributed by atoms with Crippen molar-refractivity contribution in [2.75, 3.05) is 33.7 Å². The standard InChI is InChI=1S/C21H30N2O/c1-22-12-9-16(10-13-22)15-23(2)20(24)19-14-21(19)11-5-7-17-6-3-4-8-18(17)21/h3-4,6,8,16,19H,5,7,9-15H2,1-2H3/t19-,21-/m1/s1. The molecule has 2 fully saturated rings. The molecule has 1 heterocycles. The Kier molecular flexibility index (Phi) is 4.16. The molecule has 1 aromatic rings. The summed E-state index contributed by atoms with van der Waals surface area (Å²) in [6.07, 6.45) is 7.15. The topological polar surface area (TPSA) is 23.6 Å². The van der Waals surface area contributed by atoms with Gasteiger partial charge >= 0.3 is 0 Å². The number of carbonyl (C=O) groups excluding carboxylic acids is 1. The molecular weight excluding hydrogens is 296 g/mol. The van der Waals surface area contributed by atoms with Gasteiger partial charge in [-0.25, -0.2) is 0 Å². The van der Waals surface area contributed by atoms with Gasteiger partial charge in [0.25, 0.3) is 0 Å². The number of nitrogens with zero attached hydrogens (tertiary/aromatic N) is 2. The Morgan fingerprint density at radius 3 is 2.83 bits per heavy atom. The Balaban J connectivity index is 1.42. The smallest absolute Gasteiger partial charge is 0.226 e. The fourth-order valence-corrected chi connectivity index (χ4v) is 5.14. The fourth-order valence-electron chi connectivity index (χ4n) is 5.14. The molecule has 0 bridgehead atoms. The van der Waals surface area contributed by atoms with E-state index in [1.54, 1.807) is 0 Å². The van der Waals surface area contributed by atoms with Crippen LogP contribution in [0.5, 0.6) is 0 Å². The van der Waals surface area contributed by atoms with Crippen LogP contribution in [-0.4, -0.2) is 49.4 Å². The predicted octanol–water partition coefficient (Wildman–Crippen LogP) is 3.08. The molecule has 2 atom stereocenters. The van der Waals surface area contributed by atoms with Crippen LogP contribution in [0.15, 0.2) is 24.3 Å². The van der Waals surface area contributed by atoms with Gasteiger partial charge in [-0.15, -0.1) is 0 Å². The zero-order valence-corrected chi connectivity index (χ0v) is 15.1. The summed E-state index contributed by atoms with van der Waals surface area (Å²) in [6.45, 7) is 3.29. The second kappa shape index (κ2) is 6.18. The average Bonchev–Trinajstić information content (AvgIpc) is 3.31. The van der Waals surface area contributed by atoms with Gasteiger partial charge in [-0.3, -0.25) is 4.79 Å². The van der Waals surface area contributed by atoms with Crippen molar-refractivity contribution in [2.24, 2.45) is 11.8 Å². The highest BCUT2D eigenvalue weighted by Crippen LogP contribution is 2.60. The van der Waals surface area contributed by atoms with Crippen molar-refractivity contribution in [1.82, 2.24) is 9.80 Å². The summed E-state index contributed by atoms with van der Waals surface area (Å²) in [4.78, 5) is 17.5. The lowest BCUT2D eigenvalue weighted by Gasteiger charge is -2.32. The lowest BCUT2D eigenvalue weighted by atomic mass is 9.78. The maximum atomic E-state index is 13.0. The highest BCUT2D eigenvalue weighted by atomic mass is 16.2. The molecule has 2 aliphatic carbocycles. The highest BCUT2D eigenvalue weighted by molar-refractivity contribution is 5.84. The number of benzene rings is 1. The molecular formula is C21H30N2O. The normalized spacial score (nSPS) is 30.2. The van der Waals surface area contributed by atoms with Gasteiger partial charge in [0.1, 0.15) is 0 Å². The van der Waals surface area contributed by atoms with Crippen LogP contribution in [0.1, 0.15) is 43.2 Å². The number of hydrogen-bond donors (Lipinski definition) is 0. The minimum absolute atomic E-state index is 0.174. The van der Waals surface area contributed by atoms with E-state index >= 15 is 0 Å². The number of likely N-dealkylation sites (tertiary alicyclic amines) is 1. The summed E-state index contributed by atoms with van der Waals surface area (Å²) < 4.78 is 0. The Morgan fingerprint density at radius 1 is 1.29 bits per heavy atom. The first kappa shape index (κ1) is 16.1. The Bertz CT molecular complexity index is 620. The molecule has 0 N–H and O–H groups in total. The molecule has 4 rings (SSSR count). The lowest BCUT2D eigenvalue weighted by molar-refractivity contribution is -0.132. The third-order valence-corrected chi connectivity index (χ3v) is 6.74. The Labute approximate surface area is 146 Å². The first-order chi connectivity index (χ1) is 11.6. The molecule has 1 aliphatic heterocycles. The largest absolute Gasteiger partial charge is 0.345 e. The number of hydrogen-bond acceptors (Lipinski definition) is 2. The van der Waals surface area contributed by atoms with Crippen molar-refractivity contribution in [3.63, 3.8) is 0 Å². The molecule has 3 aliphatic rings. The van der Waals surface area contributed by atoms with Crippen molar-refractivity contribution in [1.29, 1.82) is 0 Å². The first-order valence-electron chi connectivity index (χ1n) is 9.62. The van der Waals surface area contributed by atoms with Crippen molar-refractivity contribution in [2.45, 2.75) is 43.9 Å². The third kappa shape index (κ3) is 2.77. The highest BCUT2D eigenvalue weighted by Gasteiger charge is 2.60. The van der Waals surface area contributed by atoms with Gasteiger partial charge in [0, 0.05) is 24.9 Å². The van der Waals surface area contributed by atoms with E-state index in [9.17, 15) is 4.79 Å². The molecule has 1 amide bonds. The average molecular weight is 326 g/mol. The van der Waals surface area contributed by atoms with E-state index in [1.807, 2.05) is 11.9 Å². The lowest BCUT2D eigenvalue weighted by Crippen LogP contribution is -2.39.